The largest absolute Gasteiger partial charge is 0.478 e. The molecule has 1 aromatic carbocycles. The highest BCUT2D eigenvalue weighted by atomic mass is 32.2. The third kappa shape index (κ3) is 4.12. The summed E-state index contributed by atoms with van der Waals surface area (Å²) >= 11 is 1.65. The van der Waals surface area contributed by atoms with E-state index in [9.17, 15) is 4.79 Å². The van der Waals surface area contributed by atoms with Crippen LogP contribution in [0.4, 0.5) is 0 Å². The van der Waals surface area contributed by atoms with Gasteiger partial charge < -0.3 is 5.11 Å². The van der Waals surface area contributed by atoms with Crippen LogP contribution in [-0.4, -0.2) is 17.3 Å². The van der Waals surface area contributed by atoms with E-state index in [1.807, 2.05) is 19.2 Å². The summed E-state index contributed by atoms with van der Waals surface area (Å²) in [7, 11) is 0. The van der Waals surface area contributed by atoms with Crippen LogP contribution in [0, 0.1) is 17.2 Å². The fourth-order valence-corrected chi connectivity index (χ4v) is 2.15. The Kier molecular flexibility index (Phi) is 5.05. The van der Waals surface area contributed by atoms with Gasteiger partial charge in [-0.1, -0.05) is 6.07 Å². The summed E-state index contributed by atoms with van der Waals surface area (Å²) in [6, 6.07) is 7.49. The zero-order valence-corrected chi connectivity index (χ0v) is 10.8. The molecular formula is C13H15NO2S. The van der Waals surface area contributed by atoms with Gasteiger partial charge in [0.1, 0.15) is 0 Å². The van der Waals surface area contributed by atoms with Crippen molar-refractivity contribution in [3.05, 3.63) is 34.9 Å². The number of rotatable bonds is 5. The van der Waals surface area contributed by atoms with E-state index >= 15 is 0 Å². The van der Waals surface area contributed by atoms with Crippen LogP contribution < -0.4 is 0 Å². The maximum atomic E-state index is 11.0. The Labute approximate surface area is 105 Å². The fraction of sp³-hybridized carbons (Fsp3) is 0.385. The number of benzene rings is 1. The predicted octanol–water partition coefficient (Wildman–Crippen LogP) is 2.95. The lowest BCUT2D eigenvalue weighted by molar-refractivity contribution is 0.0696. The first-order valence-electron chi connectivity index (χ1n) is 5.31. The Morgan fingerprint density at radius 1 is 1.47 bits per heavy atom. The average molecular weight is 249 g/mol. The molecule has 0 aromatic heterocycles. The summed E-state index contributed by atoms with van der Waals surface area (Å²) in [6.45, 7) is 1.84. The van der Waals surface area contributed by atoms with Crippen LogP contribution in [0.1, 0.15) is 28.4 Å². The Hall–Kier alpha value is -1.47. The number of carboxylic acid groups (broad SMARTS) is 1. The molecule has 0 amide bonds. The molecule has 0 saturated carbocycles. The number of carbonyl (C=O) groups is 1. The molecule has 0 spiro atoms. The summed E-state index contributed by atoms with van der Waals surface area (Å²) < 4.78 is 0. The normalized spacial score (nSPS) is 11.8. The second kappa shape index (κ2) is 6.31. The highest BCUT2D eigenvalue weighted by molar-refractivity contribution is 7.97. The lowest BCUT2D eigenvalue weighted by atomic mass is 9.98. The van der Waals surface area contributed by atoms with Crippen molar-refractivity contribution in [1.29, 1.82) is 5.26 Å². The zero-order valence-electron chi connectivity index (χ0n) is 9.93. The van der Waals surface area contributed by atoms with Crippen molar-refractivity contribution in [1.82, 2.24) is 0 Å². The van der Waals surface area contributed by atoms with E-state index in [0.717, 1.165) is 16.9 Å². The molecule has 17 heavy (non-hydrogen) atoms. The van der Waals surface area contributed by atoms with Gasteiger partial charge in [0.15, 0.2) is 0 Å². The number of hydrogen-bond acceptors (Lipinski definition) is 3. The Morgan fingerprint density at radius 3 is 2.65 bits per heavy atom. The zero-order chi connectivity index (χ0) is 12.8. The molecule has 1 aromatic rings. The first-order valence-corrected chi connectivity index (χ1v) is 6.71. The van der Waals surface area contributed by atoms with Gasteiger partial charge in [0.05, 0.1) is 11.6 Å². The van der Waals surface area contributed by atoms with Crippen LogP contribution in [0.25, 0.3) is 0 Å². The minimum atomic E-state index is -0.918. The summed E-state index contributed by atoms with van der Waals surface area (Å²) in [6.07, 6.45) is 2.57. The van der Waals surface area contributed by atoms with Gasteiger partial charge in [-0.2, -0.15) is 17.0 Å². The quantitative estimate of drug-likeness (QED) is 0.871. The van der Waals surface area contributed by atoms with Crippen LogP contribution in [0.5, 0.6) is 0 Å². The minimum absolute atomic E-state index is 0.0961. The Morgan fingerprint density at radius 2 is 2.12 bits per heavy atom. The average Bonchev–Trinajstić information content (AvgIpc) is 2.29. The molecule has 3 nitrogen and oxygen atoms in total. The molecule has 90 valence electrons. The molecule has 0 bridgehead atoms. The maximum Gasteiger partial charge on any atom is 0.335 e. The molecule has 0 aliphatic heterocycles. The van der Waals surface area contributed by atoms with E-state index in [-0.39, 0.29) is 5.92 Å². The van der Waals surface area contributed by atoms with E-state index in [1.54, 1.807) is 23.9 Å². The molecule has 0 heterocycles. The highest BCUT2D eigenvalue weighted by Crippen LogP contribution is 2.17. The molecule has 1 unspecified atom stereocenters. The lowest BCUT2D eigenvalue weighted by Crippen LogP contribution is -2.02. The van der Waals surface area contributed by atoms with Crippen LogP contribution >= 0.6 is 11.8 Å². The van der Waals surface area contributed by atoms with Crippen molar-refractivity contribution < 1.29 is 9.90 Å². The van der Waals surface area contributed by atoms with E-state index in [0.29, 0.717) is 12.0 Å². The number of aromatic carboxylic acids is 1. The van der Waals surface area contributed by atoms with Crippen LogP contribution in [-0.2, 0) is 12.2 Å². The van der Waals surface area contributed by atoms with Gasteiger partial charge in [-0.15, -0.1) is 0 Å². The number of nitriles is 1. The molecule has 0 aliphatic rings. The van der Waals surface area contributed by atoms with E-state index in [2.05, 4.69) is 6.07 Å². The molecular weight excluding hydrogens is 234 g/mol. The van der Waals surface area contributed by atoms with E-state index < -0.39 is 5.97 Å². The summed E-state index contributed by atoms with van der Waals surface area (Å²) in [4.78, 5) is 11.0. The Balaban J connectivity index is 3.04. The molecule has 0 aliphatic carbocycles. The van der Waals surface area contributed by atoms with Gasteiger partial charge in [0.25, 0.3) is 0 Å². The molecule has 1 rings (SSSR count). The Bertz CT molecular complexity index is 451. The van der Waals surface area contributed by atoms with Gasteiger partial charge in [0.2, 0.25) is 0 Å². The van der Waals surface area contributed by atoms with Gasteiger partial charge >= 0.3 is 5.97 Å². The van der Waals surface area contributed by atoms with Crippen molar-refractivity contribution in [2.45, 2.75) is 19.1 Å². The van der Waals surface area contributed by atoms with Gasteiger partial charge in [-0.05, 0) is 42.9 Å². The lowest BCUT2D eigenvalue weighted by Gasteiger charge is -2.08. The van der Waals surface area contributed by atoms with Gasteiger partial charge in [-0.3, -0.25) is 0 Å². The third-order valence-corrected chi connectivity index (χ3v) is 2.99. The second-order valence-corrected chi connectivity index (χ2v) is 4.88. The molecule has 0 radical (unpaired) electrons. The summed E-state index contributed by atoms with van der Waals surface area (Å²) in [5.41, 5.74) is 2.22. The SMILES string of the molecule is CSCc1cc(CC(C)C#N)cc(C(=O)O)c1. The van der Waals surface area contributed by atoms with Crippen LogP contribution in [0.3, 0.4) is 0 Å². The monoisotopic (exact) mass is 249 g/mol. The summed E-state index contributed by atoms with van der Waals surface area (Å²) in [5, 5.41) is 17.8. The van der Waals surface area contributed by atoms with Gasteiger partial charge in [0, 0.05) is 11.7 Å². The molecule has 1 atom stereocenters. The smallest absolute Gasteiger partial charge is 0.335 e. The van der Waals surface area contributed by atoms with Gasteiger partial charge in [-0.25, -0.2) is 4.79 Å². The third-order valence-electron chi connectivity index (χ3n) is 2.37. The fourth-order valence-electron chi connectivity index (χ4n) is 1.65. The van der Waals surface area contributed by atoms with E-state index in [1.165, 1.54) is 0 Å². The van der Waals surface area contributed by atoms with Crippen molar-refractivity contribution in [2.24, 2.45) is 5.92 Å². The second-order valence-electron chi connectivity index (χ2n) is 4.01. The minimum Gasteiger partial charge on any atom is -0.478 e. The molecule has 4 heteroatoms. The first kappa shape index (κ1) is 13.6. The van der Waals surface area contributed by atoms with Crippen LogP contribution in [0.2, 0.25) is 0 Å². The molecule has 0 saturated heterocycles. The van der Waals surface area contributed by atoms with Crippen molar-refractivity contribution >= 4 is 17.7 Å². The molecule has 0 fully saturated rings. The van der Waals surface area contributed by atoms with Crippen LogP contribution in [0.15, 0.2) is 18.2 Å². The first-order chi connectivity index (χ1) is 8.06. The topological polar surface area (TPSA) is 61.1 Å². The number of hydrogen-bond donors (Lipinski definition) is 1. The van der Waals surface area contributed by atoms with Crippen molar-refractivity contribution in [2.75, 3.05) is 6.26 Å². The van der Waals surface area contributed by atoms with Crippen molar-refractivity contribution in [3.8, 4) is 6.07 Å². The molecule has 1 N–H and O–H groups in total. The number of carboxylic acids is 1. The summed E-state index contributed by atoms with van der Waals surface area (Å²) in [5.74, 6) is -0.227. The highest BCUT2D eigenvalue weighted by Gasteiger charge is 2.09. The number of thioether (sulfide) groups is 1. The number of nitrogens with zero attached hydrogens (tertiary/aromatic N) is 1. The van der Waals surface area contributed by atoms with E-state index in [4.69, 9.17) is 10.4 Å². The standard InChI is InChI=1S/C13H15NO2S/c1-9(7-14)3-10-4-11(8-17-2)6-12(5-10)13(15)16/h4-6,9H,3,8H2,1-2H3,(H,15,16). The van der Waals surface area contributed by atoms with Crippen molar-refractivity contribution in [3.63, 3.8) is 0 Å². The predicted molar refractivity (Wildman–Crippen MR) is 69.1 cm³/mol. The maximum absolute atomic E-state index is 11.0.